The summed E-state index contributed by atoms with van der Waals surface area (Å²) in [6.07, 6.45) is 5.52. The lowest BCUT2D eigenvalue weighted by molar-refractivity contribution is -0.114. The molecule has 3 aliphatic rings. The molecule has 1 N–H and O–H groups in total. The highest BCUT2D eigenvalue weighted by atomic mass is 35.5. The molecule has 0 radical (unpaired) electrons. The summed E-state index contributed by atoms with van der Waals surface area (Å²) in [6.45, 7) is 5.58. The number of fused-ring (bicyclic) bond motifs is 2. The zero-order chi connectivity index (χ0) is 25.6. The van der Waals surface area contributed by atoms with Crippen molar-refractivity contribution in [2.75, 3.05) is 26.0 Å². The number of carbonyl (C=O) groups excluding carboxylic acids is 2. The van der Waals surface area contributed by atoms with Crippen molar-refractivity contribution in [3.63, 3.8) is 0 Å². The molecule has 36 heavy (non-hydrogen) atoms. The molecule has 1 amide bonds. The Morgan fingerprint density at radius 3 is 2.75 bits per heavy atom. The molecule has 0 unspecified atom stereocenters. The van der Waals surface area contributed by atoms with E-state index in [1.807, 2.05) is 55.6 Å². The van der Waals surface area contributed by atoms with Crippen molar-refractivity contribution in [2.45, 2.75) is 51.7 Å². The van der Waals surface area contributed by atoms with Crippen LogP contribution in [0.5, 0.6) is 0 Å². The number of nitrogens with zero attached hydrogens (tertiary/aromatic N) is 3. The number of aliphatic imine (C=N–C) groups is 1. The van der Waals surface area contributed by atoms with Gasteiger partial charge in [0.25, 0.3) is 5.91 Å². The second kappa shape index (κ2) is 9.96. The molecule has 0 spiro atoms. The molecule has 1 aromatic heterocycles. The molecule has 0 saturated heterocycles. The number of hydrogen-bond donors (Lipinski definition) is 1. The molecule has 3 heterocycles. The molecule has 0 saturated carbocycles. The van der Waals surface area contributed by atoms with E-state index in [1.54, 1.807) is 11.3 Å². The van der Waals surface area contributed by atoms with Gasteiger partial charge in [-0.3, -0.25) is 14.6 Å². The first-order valence-electron chi connectivity index (χ1n) is 12.3. The van der Waals surface area contributed by atoms with Gasteiger partial charge in [-0.2, -0.15) is 0 Å². The molecular formula is C28H31ClN4O2S. The second-order valence-corrected chi connectivity index (χ2v) is 11.6. The van der Waals surface area contributed by atoms with E-state index in [-0.39, 0.29) is 23.8 Å². The van der Waals surface area contributed by atoms with Crippen LogP contribution in [0.4, 0.5) is 5.69 Å². The lowest BCUT2D eigenvalue weighted by Crippen LogP contribution is -2.40. The Balaban J connectivity index is 1.40. The summed E-state index contributed by atoms with van der Waals surface area (Å²) in [6, 6.07) is 6.12. The van der Waals surface area contributed by atoms with Crippen LogP contribution >= 0.6 is 22.9 Å². The topological polar surface area (TPSA) is 65.0 Å². The van der Waals surface area contributed by atoms with Crippen molar-refractivity contribution in [1.82, 2.24) is 9.80 Å². The van der Waals surface area contributed by atoms with Crippen LogP contribution in [0.15, 0.2) is 52.0 Å². The van der Waals surface area contributed by atoms with Crippen LogP contribution < -0.4 is 5.32 Å². The highest BCUT2D eigenvalue weighted by molar-refractivity contribution is 7.10. The third-order valence-corrected chi connectivity index (χ3v) is 8.33. The first-order valence-corrected chi connectivity index (χ1v) is 13.6. The first kappa shape index (κ1) is 24.9. The maximum absolute atomic E-state index is 13.2. The van der Waals surface area contributed by atoms with E-state index in [9.17, 15) is 9.59 Å². The molecule has 188 valence electrons. The van der Waals surface area contributed by atoms with E-state index >= 15 is 0 Å². The Hall–Kier alpha value is -2.74. The molecule has 0 bridgehead atoms. The summed E-state index contributed by atoms with van der Waals surface area (Å²) in [5.74, 6) is 0.156. The van der Waals surface area contributed by atoms with Crippen LogP contribution in [0.3, 0.4) is 0 Å². The average molecular weight is 523 g/mol. The van der Waals surface area contributed by atoms with E-state index in [0.717, 1.165) is 50.9 Å². The number of amides is 1. The summed E-state index contributed by atoms with van der Waals surface area (Å²) in [5.41, 5.74) is 6.08. The molecule has 0 fully saturated rings. The number of anilines is 1. The predicted octanol–water partition coefficient (Wildman–Crippen LogP) is 5.13. The number of likely N-dealkylation sites (N-methyl/N-ethyl adjacent to an activating group) is 1. The average Bonchev–Trinajstić information content (AvgIpc) is 3.49. The number of halogens is 1. The Bertz CT molecular complexity index is 1320. The van der Waals surface area contributed by atoms with Gasteiger partial charge in [0.05, 0.1) is 22.3 Å². The molecule has 1 aliphatic carbocycles. The predicted molar refractivity (Wildman–Crippen MR) is 147 cm³/mol. The normalized spacial score (nSPS) is 21.8. The van der Waals surface area contributed by atoms with Gasteiger partial charge in [-0.25, -0.2) is 0 Å². The number of carbonyl (C=O) groups is 2. The monoisotopic (exact) mass is 522 g/mol. The van der Waals surface area contributed by atoms with Crippen molar-refractivity contribution < 1.29 is 9.59 Å². The lowest BCUT2D eigenvalue weighted by Gasteiger charge is -2.26. The minimum Gasteiger partial charge on any atom is -0.358 e. The minimum absolute atomic E-state index is 0.0114. The molecule has 8 heteroatoms. The fourth-order valence-electron chi connectivity index (χ4n) is 5.28. The Labute approximate surface area is 221 Å². The fourth-order valence-corrected chi connectivity index (χ4v) is 6.52. The van der Waals surface area contributed by atoms with Crippen molar-refractivity contribution in [3.05, 3.63) is 73.6 Å². The van der Waals surface area contributed by atoms with Gasteiger partial charge in [0, 0.05) is 60.2 Å². The number of ketones is 1. The van der Waals surface area contributed by atoms with Gasteiger partial charge in [0.1, 0.15) is 0 Å². The third kappa shape index (κ3) is 4.80. The van der Waals surface area contributed by atoms with E-state index in [1.165, 1.54) is 0 Å². The zero-order valence-electron chi connectivity index (χ0n) is 21.1. The largest absolute Gasteiger partial charge is 0.358 e. The Kier molecular flexibility index (Phi) is 6.90. The molecule has 1 aromatic carbocycles. The summed E-state index contributed by atoms with van der Waals surface area (Å²) in [4.78, 5) is 36.3. The number of rotatable bonds is 6. The van der Waals surface area contributed by atoms with Gasteiger partial charge in [-0.05, 0) is 68.7 Å². The van der Waals surface area contributed by atoms with Gasteiger partial charge in [0.2, 0.25) is 0 Å². The smallest absolute Gasteiger partial charge is 0.254 e. The molecule has 5 rings (SSSR count). The van der Waals surface area contributed by atoms with Gasteiger partial charge in [-0.1, -0.05) is 17.7 Å². The number of thiophene rings is 1. The van der Waals surface area contributed by atoms with Crippen molar-refractivity contribution >= 4 is 46.0 Å². The molecular weight excluding hydrogens is 492 g/mol. The quantitative estimate of drug-likeness (QED) is 0.534. The maximum Gasteiger partial charge on any atom is 0.254 e. The Morgan fingerprint density at radius 2 is 2.03 bits per heavy atom. The van der Waals surface area contributed by atoms with Crippen LogP contribution in [-0.2, 0) is 24.2 Å². The number of benzene rings is 1. The number of hydrogen-bond acceptors (Lipinski definition) is 6. The van der Waals surface area contributed by atoms with Crippen LogP contribution in [-0.4, -0.2) is 59.9 Å². The standard InChI is InChI=1S/C28H31ClN4O2S/c1-16(10-26-21(29)8-9-36-26)30-22-6-5-7-25(34)27(22)24-12-18-11-20-19(13-23(18)31-24)15-33(28(20)35)17(2)14-32(3)4/h5-6,8-9,11,13,16-17,31H,7,10,12,14-15H2,1-4H3/t16-,17-/m0/s1. The lowest BCUT2D eigenvalue weighted by atomic mass is 9.93. The summed E-state index contributed by atoms with van der Waals surface area (Å²) in [5, 5.41) is 6.25. The number of allylic oxidation sites excluding steroid dienone is 4. The summed E-state index contributed by atoms with van der Waals surface area (Å²) >= 11 is 7.91. The highest BCUT2D eigenvalue weighted by Gasteiger charge is 2.34. The minimum atomic E-state index is -0.0114. The number of nitrogens with one attached hydrogen (secondary N) is 1. The number of Topliss-reactive ketones (excluding diaryl/α,β-unsaturated/α-hetero) is 1. The van der Waals surface area contributed by atoms with E-state index in [0.29, 0.717) is 30.7 Å². The van der Waals surface area contributed by atoms with Gasteiger partial charge < -0.3 is 15.1 Å². The SMILES string of the molecule is C[C@@H](Cc1sccc1Cl)N=C1C=CCC(=O)C1=C1Cc2cc3c(cc2N1)CN([C@@H](C)CN(C)C)C3=O. The van der Waals surface area contributed by atoms with Crippen molar-refractivity contribution in [3.8, 4) is 0 Å². The van der Waals surface area contributed by atoms with Crippen LogP contribution in [0.2, 0.25) is 5.02 Å². The van der Waals surface area contributed by atoms with Crippen LogP contribution in [0.25, 0.3) is 0 Å². The maximum atomic E-state index is 13.2. The molecule has 2 atom stereocenters. The van der Waals surface area contributed by atoms with Crippen LogP contribution in [0.1, 0.15) is 46.6 Å². The fraction of sp³-hybridized carbons (Fsp3) is 0.393. The van der Waals surface area contributed by atoms with Crippen molar-refractivity contribution in [2.24, 2.45) is 4.99 Å². The highest BCUT2D eigenvalue weighted by Crippen LogP contribution is 2.37. The molecule has 6 nitrogen and oxygen atoms in total. The third-order valence-electron chi connectivity index (χ3n) is 6.92. The van der Waals surface area contributed by atoms with Crippen LogP contribution in [0, 0.1) is 0 Å². The Morgan fingerprint density at radius 1 is 1.22 bits per heavy atom. The van der Waals surface area contributed by atoms with E-state index < -0.39 is 0 Å². The molecule has 2 aromatic rings. The second-order valence-electron chi connectivity index (χ2n) is 10.2. The summed E-state index contributed by atoms with van der Waals surface area (Å²) in [7, 11) is 4.05. The van der Waals surface area contributed by atoms with Gasteiger partial charge in [0.15, 0.2) is 5.78 Å². The summed E-state index contributed by atoms with van der Waals surface area (Å²) < 4.78 is 0. The first-order chi connectivity index (χ1) is 17.2. The van der Waals surface area contributed by atoms with E-state index in [2.05, 4.69) is 23.2 Å². The molecule has 2 aliphatic heterocycles. The van der Waals surface area contributed by atoms with E-state index in [4.69, 9.17) is 16.6 Å². The van der Waals surface area contributed by atoms with Gasteiger partial charge in [-0.15, -0.1) is 11.3 Å². The van der Waals surface area contributed by atoms with Crippen molar-refractivity contribution in [1.29, 1.82) is 0 Å². The van der Waals surface area contributed by atoms with Gasteiger partial charge >= 0.3 is 0 Å². The zero-order valence-corrected chi connectivity index (χ0v) is 22.7.